The minimum Gasteiger partial charge on any atom is -0.454 e. The van der Waals surface area contributed by atoms with Crippen molar-refractivity contribution in [3.05, 3.63) is 81.5 Å². The molecule has 3 aromatic rings. The molecule has 1 aromatic heterocycles. The largest absolute Gasteiger partial charge is 0.454 e. The number of thiophene rings is 1. The van der Waals surface area contributed by atoms with Gasteiger partial charge in [0, 0.05) is 24.0 Å². The average Bonchev–Trinajstić information content (AvgIpc) is 3.46. The second-order valence-electron chi connectivity index (χ2n) is 7.35. The number of nitrogens with one attached hydrogen (secondary N) is 1. The van der Waals surface area contributed by atoms with Crippen molar-refractivity contribution < 1.29 is 19.1 Å². The smallest absolute Gasteiger partial charge is 0.254 e. The number of hydrogen-bond acceptors (Lipinski definition) is 5. The van der Waals surface area contributed by atoms with E-state index in [1.807, 2.05) is 53.9 Å². The zero-order valence-electron chi connectivity index (χ0n) is 16.3. The summed E-state index contributed by atoms with van der Waals surface area (Å²) in [5.41, 5.74) is 2.27. The van der Waals surface area contributed by atoms with Crippen LogP contribution in [0.3, 0.4) is 0 Å². The molecule has 7 heteroatoms. The standard InChI is InChI=1S/C23H20N2O4S/c1-25-21(19-7-4-10-30-19)20(15-5-2-3-6-16(15)23(25)27)22(26)24-12-14-8-9-17-18(11-14)29-13-28-17/h2-11,20-21H,12-13H2,1H3,(H,24,26). The summed E-state index contributed by atoms with van der Waals surface area (Å²) in [6.45, 7) is 0.579. The van der Waals surface area contributed by atoms with Gasteiger partial charge in [-0.1, -0.05) is 30.3 Å². The van der Waals surface area contributed by atoms with Crippen LogP contribution in [0, 0.1) is 0 Å². The molecule has 0 radical (unpaired) electrons. The fourth-order valence-corrected chi connectivity index (χ4v) is 5.03. The highest BCUT2D eigenvalue weighted by atomic mass is 32.1. The summed E-state index contributed by atoms with van der Waals surface area (Å²) < 4.78 is 10.8. The van der Waals surface area contributed by atoms with Crippen molar-refractivity contribution in [1.82, 2.24) is 10.2 Å². The van der Waals surface area contributed by atoms with Gasteiger partial charge in [-0.2, -0.15) is 0 Å². The summed E-state index contributed by atoms with van der Waals surface area (Å²) in [5, 5.41) is 5.03. The molecule has 2 unspecified atom stereocenters. The van der Waals surface area contributed by atoms with Crippen molar-refractivity contribution in [3.8, 4) is 11.5 Å². The Hall–Kier alpha value is -3.32. The van der Waals surface area contributed by atoms with Gasteiger partial charge >= 0.3 is 0 Å². The van der Waals surface area contributed by atoms with Crippen LogP contribution >= 0.6 is 11.3 Å². The molecule has 0 bridgehead atoms. The molecule has 2 aliphatic rings. The van der Waals surface area contributed by atoms with Crippen LogP contribution in [0.2, 0.25) is 0 Å². The molecule has 2 amide bonds. The number of likely N-dealkylation sites (N-methyl/N-ethyl adjacent to an activating group) is 1. The van der Waals surface area contributed by atoms with Gasteiger partial charge < -0.3 is 19.7 Å². The minimum atomic E-state index is -0.489. The molecular formula is C23H20N2O4S. The second kappa shape index (κ2) is 7.50. The maximum atomic E-state index is 13.4. The fourth-order valence-electron chi connectivity index (χ4n) is 4.12. The number of benzene rings is 2. The summed E-state index contributed by atoms with van der Waals surface area (Å²) in [4.78, 5) is 29.0. The quantitative estimate of drug-likeness (QED) is 0.699. The molecule has 5 rings (SSSR count). The third-order valence-corrected chi connectivity index (χ3v) is 6.54. The zero-order valence-corrected chi connectivity index (χ0v) is 17.1. The Morgan fingerprint density at radius 3 is 2.80 bits per heavy atom. The predicted molar refractivity (Wildman–Crippen MR) is 113 cm³/mol. The lowest BCUT2D eigenvalue weighted by atomic mass is 9.81. The molecule has 6 nitrogen and oxygen atoms in total. The summed E-state index contributed by atoms with van der Waals surface area (Å²) in [6, 6.07) is 16.6. The molecule has 152 valence electrons. The van der Waals surface area contributed by atoms with E-state index in [0.29, 0.717) is 23.6 Å². The number of fused-ring (bicyclic) bond motifs is 2. The van der Waals surface area contributed by atoms with Gasteiger partial charge in [0.2, 0.25) is 12.7 Å². The van der Waals surface area contributed by atoms with Crippen molar-refractivity contribution in [1.29, 1.82) is 0 Å². The van der Waals surface area contributed by atoms with Crippen molar-refractivity contribution in [2.24, 2.45) is 0 Å². The molecule has 0 saturated heterocycles. The van der Waals surface area contributed by atoms with Gasteiger partial charge in [0.1, 0.15) is 0 Å². The van der Waals surface area contributed by atoms with Crippen molar-refractivity contribution in [3.63, 3.8) is 0 Å². The number of nitrogens with zero attached hydrogens (tertiary/aromatic N) is 1. The van der Waals surface area contributed by atoms with E-state index >= 15 is 0 Å². The van der Waals surface area contributed by atoms with Crippen LogP contribution in [0.15, 0.2) is 60.0 Å². The molecule has 2 aromatic carbocycles. The third kappa shape index (κ3) is 3.11. The van der Waals surface area contributed by atoms with E-state index in [9.17, 15) is 9.59 Å². The maximum absolute atomic E-state index is 13.4. The van der Waals surface area contributed by atoms with E-state index < -0.39 is 5.92 Å². The highest BCUT2D eigenvalue weighted by molar-refractivity contribution is 7.10. The topological polar surface area (TPSA) is 67.9 Å². The SMILES string of the molecule is CN1C(=O)c2ccccc2C(C(=O)NCc2ccc3c(c2)OCO3)C1c1cccs1. The van der Waals surface area contributed by atoms with E-state index in [-0.39, 0.29) is 24.6 Å². The van der Waals surface area contributed by atoms with Crippen LogP contribution in [0.1, 0.15) is 38.3 Å². The molecule has 0 fully saturated rings. The van der Waals surface area contributed by atoms with Gasteiger partial charge in [0.05, 0.1) is 12.0 Å². The Balaban J connectivity index is 1.45. The molecule has 2 atom stereocenters. The van der Waals surface area contributed by atoms with E-state index in [0.717, 1.165) is 16.0 Å². The van der Waals surface area contributed by atoms with E-state index in [2.05, 4.69) is 5.32 Å². The summed E-state index contributed by atoms with van der Waals surface area (Å²) >= 11 is 1.55. The first kappa shape index (κ1) is 18.7. The van der Waals surface area contributed by atoms with Crippen LogP contribution in [-0.4, -0.2) is 30.6 Å². The molecule has 0 spiro atoms. The van der Waals surface area contributed by atoms with E-state index in [4.69, 9.17) is 9.47 Å². The molecular weight excluding hydrogens is 400 g/mol. The van der Waals surface area contributed by atoms with Crippen molar-refractivity contribution >= 4 is 23.2 Å². The Kier molecular flexibility index (Phi) is 4.67. The van der Waals surface area contributed by atoms with Gasteiger partial charge in [-0.15, -0.1) is 11.3 Å². The highest BCUT2D eigenvalue weighted by Crippen LogP contribution is 2.43. The predicted octanol–water partition coefficient (Wildman–Crippen LogP) is 3.70. The number of amides is 2. The first-order valence-corrected chi connectivity index (χ1v) is 10.6. The number of ether oxygens (including phenoxy) is 2. The Morgan fingerprint density at radius 1 is 1.13 bits per heavy atom. The third-order valence-electron chi connectivity index (χ3n) is 5.60. The molecule has 1 N–H and O–H groups in total. The Bertz CT molecular complexity index is 1110. The fraction of sp³-hybridized carbons (Fsp3) is 0.217. The number of rotatable bonds is 4. The van der Waals surface area contributed by atoms with E-state index in [1.165, 1.54) is 0 Å². The molecule has 0 saturated carbocycles. The van der Waals surface area contributed by atoms with Gasteiger partial charge in [-0.3, -0.25) is 9.59 Å². The van der Waals surface area contributed by atoms with Gasteiger partial charge in [-0.25, -0.2) is 0 Å². The van der Waals surface area contributed by atoms with Crippen LogP contribution < -0.4 is 14.8 Å². The first-order valence-electron chi connectivity index (χ1n) is 9.69. The monoisotopic (exact) mass is 420 g/mol. The Labute approximate surface area is 178 Å². The van der Waals surface area contributed by atoms with Gasteiger partial charge in [-0.05, 0) is 40.8 Å². The van der Waals surface area contributed by atoms with Crippen LogP contribution in [-0.2, 0) is 11.3 Å². The average molecular weight is 420 g/mol. The highest BCUT2D eigenvalue weighted by Gasteiger charge is 2.42. The number of carbonyl (C=O) groups is 2. The van der Waals surface area contributed by atoms with Crippen molar-refractivity contribution in [2.45, 2.75) is 18.5 Å². The molecule has 3 heterocycles. The number of carbonyl (C=O) groups excluding carboxylic acids is 2. The summed E-state index contributed by atoms with van der Waals surface area (Å²) in [7, 11) is 1.76. The first-order chi connectivity index (χ1) is 14.6. The van der Waals surface area contributed by atoms with Crippen LogP contribution in [0.25, 0.3) is 0 Å². The molecule has 30 heavy (non-hydrogen) atoms. The van der Waals surface area contributed by atoms with Crippen LogP contribution in [0.5, 0.6) is 11.5 Å². The van der Waals surface area contributed by atoms with Gasteiger partial charge in [0.15, 0.2) is 11.5 Å². The minimum absolute atomic E-state index is 0.0659. The number of hydrogen-bond donors (Lipinski definition) is 1. The molecule has 2 aliphatic heterocycles. The molecule has 0 aliphatic carbocycles. The van der Waals surface area contributed by atoms with Crippen LogP contribution in [0.4, 0.5) is 0 Å². The lowest BCUT2D eigenvalue weighted by molar-refractivity contribution is -0.124. The lowest BCUT2D eigenvalue weighted by Gasteiger charge is -2.39. The summed E-state index contributed by atoms with van der Waals surface area (Å²) in [6.07, 6.45) is 0. The maximum Gasteiger partial charge on any atom is 0.254 e. The zero-order chi connectivity index (χ0) is 20.7. The van der Waals surface area contributed by atoms with Crippen molar-refractivity contribution in [2.75, 3.05) is 13.8 Å². The summed E-state index contributed by atoms with van der Waals surface area (Å²) in [5.74, 6) is 0.731. The lowest BCUT2D eigenvalue weighted by Crippen LogP contribution is -2.45. The Morgan fingerprint density at radius 2 is 1.97 bits per heavy atom. The second-order valence-corrected chi connectivity index (χ2v) is 8.33. The normalized spacial score (nSPS) is 19.5. The van der Waals surface area contributed by atoms with E-state index in [1.54, 1.807) is 29.4 Å². The van der Waals surface area contributed by atoms with Gasteiger partial charge in [0.25, 0.3) is 5.91 Å².